The van der Waals surface area contributed by atoms with Crippen LogP contribution in [0.1, 0.15) is 11.1 Å². The highest BCUT2D eigenvalue weighted by Gasteiger charge is 2.23. The van der Waals surface area contributed by atoms with E-state index in [1.807, 2.05) is 18.5 Å². The van der Waals surface area contributed by atoms with Gasteiger partial charge in [-0.05, 0) is 70.6 Å². The molecule has 0 N–H and O–H groups in total. The van der Waals surface area contributed by atoms with Gasteiger partial charge in [0.25, 0.3) is 0 Å². The van der Waals surface area contributed by atoms with Gasteiger partial charge in [0.1, 0.15) is 0 Å². The monoisotopic (exact) mass is 613 g/mol. The maximum Gasteiger partial charge on any atom is 0.0791 e. The van der Waals surface area contributed by atoms with E-state index in [0.717, 1.165) is 61.0 Å². The lowest BCUT2D eigenvalue weighted by Gasteiger charge is -2.21. The first-order valence-electron chi connectivity index (χ1n) is 16.4. The van der Waals surface area contributed by atoms with Crippen molar-refractivity contribution >= 4 is 43.4 Å². The van der Waals surface area contributed by atoms with Crippen molar-refractivity contribution in [3.8, 4) is 44.8 Å². The molecule has 0 amide bonds. The molecule has 0 saturated heterocycles. The van der Waals surface area contributed by atoms with E-state index in [4.69, 9.17) is 9.97 Å². The Morgan fingerprint density at radius 1 is 0.375 bits per heavy atom. The minimum atomic E-state index is 0.965. The Labute approximate surface area is 279 Å². The molecule has 0 unspecified atom stereocenters. The van der Waals surface area contributed by atoms with E-state index in [-0.39, 0.29) is 0 Å². The second-order valence-electron chi connectivity index (χ2n) is 12.5. The van der Waals surface area contributed by atoms with Crippen molar-refractivity contribution in [3.63, 3.8) is 0 Å². The van der Waals surface area contributed by atoms with Gasteiger partial charge in [-0.1, -0.05) is 121 Å². The number of hydrogen-bond acceptors (Lipinski definition) is 3. The molecule has 0 bridgehead atoms. The Morgan fingerprint density at radius 3 is 1.27 bits per heavy atom. The predicted octanol–water partition coefficient (Wildman–Crippen LogP) is 11.8. The normalized spacial score (nSPS) is 11.5. The first-order valence-corrected chi connectivity index (χ1v) is 16.4. The fourth-order valence-electron chi connectivity index (χ4n) is 7.42. The van der Waals surface area contributed by atoms with Crippen molar-refractivity contribution in [1.82, 2.24) is 15.0 Å². The number of rotatable bonds is 4. The molecular weight excluding hydrogens is 583 g/mol. The van der Waals surface area contributed by atoms with Gasteiger partial charge in [-0.2, -0.15) is 0 Å². The Bertz CT molecular complexity index is 2460. The smallest absolute Gasteiger partial charge is 0.0791 e. The summed E-state index contributed by atoms with van der Waals surface area (Å²) in [5, 5.41) is 7.12. The van der Waals surface area contributed by atoms with E-state index >= 15 is 0 Å². The average molecular weight is 614 g/mol. The van der Waals surface area contributed by atoms with E-state index in [1.165, 1.54) is 38.2 Å². The molecule has 3 heteroatoms. The quantitative estimate of drug-likeness (QED) is 0.146. The second-order valence-corrected chi connectivity index (χ2v) is 12.5. The molecule has 0 aliphatic rings. The summed E-state index contributed by atoms with van der Waals surface area (Å²) >= 11 is 0. The Morgan fingerprint density at radius 2 is 0.812 bits per heavy atom. The largest absolute Gasteiger partial charge is 0.264 e. The third-order valence-corrected chi connectivity index (χ3v) is 9.67. The molecular formula is C45H31N3. The van der Waals surface area contributed by atoms with E-state index in [2.05, 4.69) is 152 Å². The molecule has 6 aromatic carbocycles. The van der Waals surface area contributed by atoms with Crippen molar-refractivity contribution in [3.05, 3.63) is 163 Å². The maximum absolute atomic E-state index is 5.46. The van der Waals surface area contributed by atoms with Crippen LogP contribution in [0.25, 0.3) is 88.1 Å². The fourth-order valence-corrected chi connectivity index (χ4v) is 7.42. The van der Waals surface area contributed by atoms with Crippen LogP contribution in [-0.2, 0) is 0 Å². The zero-order valence-electron chi connectivity index (χ0n) is 26.8. The number of aromatic nitrogens is 3. The van der Waals surface area contributed by atoms with Crippen LogP contribution >= 0.6 is 0 Å². The summed E-state index contributed by atoms with van der Waals surface area (Å²) in [5.41, 5.74) is 13.1. The molecule has 3 heterocycles. The Hall–Kier alpha value is -6.19. The average Bonchev–Trinajstić information content (AvgIpc) is 3.16. The van der Waals surface area contributed by atoms with Gasteiger partial charge in [-0.3, -0.25) is 4.98 Å². The van der Waals surface area contributed by atoms with Crippen molar-refractivity contribution in [2.75, 3.05) is 0 Å². The van der Waals surface area contributed by atoms with Crippen LogP contribution in [-0.4, -0.2) is 15.0 Å². The maximum atomic E-state index is 5.46. The Kier molecular flexibility index (Phi) is 6.58. The number of fused-ring (bicyclic) bond motifs is 6. The van der Waals surface area contributed by atoms with Crippen LogP contribution in [0.2, 0.25) is 0 Å². The topological polar surface area (TPSA) is 38.7 Å². The highest BCUT2D eigenvalue weighted by Crippen LogP contribution is 2.46. The number of pyridine rings is 3. The second kappa shape index (κ2) is 11.3. The zero-order chi connectivity index (χ0) is 32.2. The highest BCUT2D eigenvalue weighted by molar-refractivity contribution is 6.25. The van der Waals surface area contributed by atoms with Crippen LogP contribution in [0.15, 0.2) is 152 Å². The fraction of sp³-hybridized carbons (Fsp3) is 0.0444. The van der Waals surface area contributed by atoms with Crippen LogP contribution in [0, 0.1) is 13.8 Å². The third-order valence-electron chi connectivity index (χ3n) is 9.67. The van der Waals surface area contributed by atoms with Gasteiger partial charge in [-0.15, -0.1) is 0 Å². The van der Waals surface area contributed by atoms with Crippen LogP contribution in [0.5, 0.6) is 0 Å². The first-order chi connectivity index (χ1) is 23.7. The molecule has 0 aliphatic carbocycles. The number of hydrogen-bond donors (Lipinski definition) is 0. The molecule has 48 heavy (non-hydrogen) atoms. The summed E-state index contributed by atoms with van der Waals surface area (Å²) in [6, 6.07) is 49.2. The summed E-state index contributed by atoms with van der Waals surface area (Å²) in [4.78, 5) is 15.3. The van der Waals surface area contributed by atoms with E-state index in [9.17, 15) is 0 Å². The van der Waals surface area contributed by atoms with E-state index in [0.29, 0.717) is 0 Å². The Balaban J connectivity index is 1.46. The van der Waals surface area contributed by atoms with Gasteiger partial charge >= 0.3 is 0 Å². The SMILES string of the molecule is Cc1c2c(-c3ccccc3)nc3cc(-c4cccnc4)ccc3c2c(C)c2c(-c3ccccc3)nc3cc(-c4ccccc4)ccc3c12. The van der Waals surface area contributed by atoms with Crippen molar-refractivity contribution in [2.24, 2.45) is 0 Å². The zero-order valence-corrected chi connectivity index (χ0v) is 26.8. The number of benzene rings is 6. The molecule has 0 saturated carbocycles. The molecule has 9 aromatic rings. The lowest BCUT2D eigenvalue weighted by atomic mass is 9.85. The standard InChI is InChI=1S/C45H31N3/c1-28-40-36-22-20-33(30-13-6-3-7-14-30)25-38(36)47-44(31-15-8-4-9-16-31)42(40)29(2)41-37-23-21-34(35-19-12-24-46-27-35)26-39(37)48-45(43(28)41)32-17-10-5-11-18-32/h3-27H,1-2H3. The molecule has 3 nitrogen and oxygen atoms in total. The van der Waals surface area contributed by atoms with Gasteiger partial charge in [0.15, 0.2) is 0 Å². The molecule has 0 fully saturated rings. The molecule has 0 aliphatic heterocycles. The van der Waals surface area contributed by atoms with Crippen LogP contribution in [0.4, 0.5) is 0 Å². The summed E-state index contributed by atoms with van der Waals surface area (Å²) in [6.07, 6.45) is 3.72. The minimum Gasteiger partial charge on any atom is -0.264 e. The summed E-state index contributed by atoms with van der Waals surface area (Å²) in [6.45, 7) is 4.54. The number of nitrogens with zero attached hydrogens (tertiary/aromatic N) is 3. The molecule has 0 spiro atoms. The lowest BCUT2D eigenvalue weighted by Crippen LogP contribution is -1.99. The van der Waals surface area contributed by atoms with Gasteiger partial charge in [0.05, 0.1) is 22.4 Å². The minimum absolute atomic E-state index is 0.965. The van der Waals surface area contributed by atoms with Crippen molar-refractivity contribution in [1.29, 1.82) is 0 Å². The molecule has 0 radical (unpaired) electrons. The van der Waals surface area contributed by atoms with Gasteiger partial charge in [0, 0.05) is 50.6 Å². The molecule has 226 valence electrons. The van der Waals surface area contributed by atoms with Crippen molar-refractivity contribution in [2.45, 2.75) is 13.8 Å². The summed E-state index contributed by atoms with van der Waals surface area (Å²) in [5.74, 6) is 0. The van der Waals surface area contributed by atoms with Gasteiger partial charge < -0.3 is 0 Å². The van der Waals surface area contributed by atoms with Gasteiger partial charge in [-0.25, -0.2) is 9.97 Å². The number of aryl methyl sites for hydroxylation is 2. The van der Waals surface area contributed by atoms with Crippen LogP contribution < -0.4 is 0 Å². The van der Waals surface area contributed by atoms with E-state index in [1.54, 1.807) is 0 Å². The van der Waals surface area contributed by atoms with Gasteiger partial charge in [0.2, 0.25) is 0 Å². The lowest BCUT2D eigenvalue weighted by molar-refractivity contribution is 1.33. The van der Waals surface area contributed by atoms with Crippen molar-refractivity contribution < 1.29 is 0 Å². The first kappa shape index (κ1) is 28.1. The van der Waals surface area contributed by atoms with E-state index < -0.39 is 0 Å². The molecule has 9 rings (SSSR count). The highest BCUT2D eigenvalue weighted by atomic mass is 14.7. The molecule has 0 atom stereocenters. The summed E-state index contributed by atoms with van der Waals surface area (Å²) < 4.78 is 0. The predicted molar refractivity (Wildman–Crippen MR) is 201 cm³/mol. The third kappa shape index (κ3) is 4.47. The molecule has 3 aromatic heterocycles. The summed E-state index contributed by atoms with van der Waals surface area (Å²) in [7, 11) is 0. The van der Waals surface area contributed by atoms with Crippen LogP contribution in [0.3, 0.4) is 0 Å².